The normalized spacial score (nSPS) is 10.5. The van der Waals surface area contributed by atoms with Gasteiger partial charge >= 0.3 is 0 Å². The number of anilines is 1. The van der Waals surface area contributed by atoms with Gasteiger partial charge in [-0.3, -0.25) is 4.79 Å². The van der Waals surface area contributed by atoms with E-state index in [1.54, 1.807) is 19.1 Å². The SMILES string of the molecule is Cc1ccc(NC(=O)COc2ccc3ccccc3c2)cc1F. The maximum absolute atomic E-state index is 13.4. The highest BCUT2D eigenvalue weighted by Crippen LogP contribution is 2.20. The third-order valence-corrected chi connectivity index (χ3v) is 3.55. The zero-order valence-electron chi connectivity index (χ0n) is 12.7. The van der Waals surface area contributed by atoms with Crippen molar-refractivity contribution in [2.24, 2.45) is 0 Å². The van der Waals surface area contributed by atoms with Crippen molar-refractivity contribution < 1.29 is 13.9 Å². The third-order valence-electron chi connectivity index (χ3n) is 3.55. The lowest BCUT2D eigenvalue weighted by molar-refractivity contribution is -0.118. The van der Waals surface area contributed by atoms with Gasteiger partial charge < -0.3 is 10.1 Å². The van der Waals surface area contributed by atoms with Gasteiger partial charge in [0.25, 0.3) is 5.91 Å². The van der Waals surface area contributed by atoms with E-state index in [4.69, 9.17) is 4.74 Å². The van der Waals surface area contributed by atoms with E-state index in [1.807, 2.05) is 42.5 Å². The number of hydrogen-bond acceptors (Lipinski definition) is 2. The smallest absolute Gasteiger partial charge is 0.262 e. The van der Waals surface area contributed by atoms with Crippen LogP contribution in [0.2, 0.25) is 0 Å². The second kappa shape index (κ2) is 6.48. The van der Waals surface area contributed by atoms with E-state index >= 15 is 0 Å². The quantitative estimate of drug-likeness (QED) is 0.780. The molecule has 0 heterocycles. The monoisotopic (exact) mass is 309 g/mol. The van der Waals surface area contributed by atoms with E-state index in [9.17, 15) is 9.18 Å². The average Bonchev–Trinajstić information content (AvgIpc) is 2.56. The average molecular weight is 309 g/mol. The van der Waals surface area contributed by atoms with E-state index in [-0.39, 0.29) is 18.3 Å². The molecule has 0 unspecified atom stereocenters. The topological polar surface area (TPSA) is 38.3 Å². The Kier molecular flexibility index (Phi) is 4.24. The summed E-state index contributed by atoms with van der Waals surface area (Å²) < 4.78 is 18.9. The number of fused-ring (bicyclic) bond motifs is 1. The molecule has 4 heteroatoms. The Bertz CT molecular complexity index is 861. The predicted octanol–water partition coefficient (Wildman–Crippen LogP) is 4.30. The lowest BCUT2D eigenvalue weighted by atomic mass is 10.1. The Morgan fingerprint density at radius 2 is 1.83 bits per heavy atom. The van der Waals surface area contributed by atoms with Gasteiger partial charge in [0.2, 0.25) is 0 Å². The molecule has 0 aliphatic rings. The largest absolute Gasteiger partial charge is 0.484 e. The molecule has 3 rings (SSSR count). The van der Waals surface area contributed by atoms with Crippen LogP contribution in [0, 0.1) is 12.7 Å². The van der Waals surface area contributed by atoms with E-state index in [1.165, 1.54) is 6.07 Å². The van der Waals surface area contributed by atoms with Crippen LogP contribution in [0.5, 0.6) is 5.75 Å². The number of carbonyl (C=O) groups excluding carboxylic acids is 1. The zero-order valence-corrected chi connectivity index (χ0v) is 12.7. The molecule has 23 heavy (non-hydrogen) atoms. The first-order valence-corrected chi connectivity index (χ1v) is 7.29. The second-order valence-corrected chi connectivity index (χ2v) is 5.31. The summed E-state index contributed by atoms with van der Waals surface area (Å²) in [6.45, 7) is 1.54. The lowest BCUT2D eigenvalue weighted by Gasteiger charge is -2.09. The third kappa shape index (κ3) is 3.66. The van der Waals surface area contributed by atoms with Crippen LogP contribution in [-0.2, 0) is 4.79 Å². The van der Waals surface area contributed by atoms with Crippen LogP contribution in [-0.4, -0.2) is 12.5 Å². The van der Waals surface area contributed by atoms with Crippen molar-refractivity contribution in [3.05, 3.63) is 72.0 Å². The number of hydrogen-bond donors (Lipinski definition) is 1. The van der Waals surface area contributed by atoms with E-state index in [0.717, 1.165) is 10.8 Å². The molecule has 0 saturated heterocycles. The van der Waals surface area contributed by atoms with Gasteiger partial charge in [-0.05, 0) is 47.5 Å². The molecule has 0 bridgehead atoms. The minimum atomic E-state index is -0.349. The number of nitrogens with one attached hydrogen (secondary N) is 1. The number of benzene rings is 3. The Hall–Kier alpha value is -2.88. The molecule has 3 aromatic rings. The molecule has 1 amide bonds. The predicted molar refractivity (Wildman–Crippen MR) is 89.2 cm³/mol. The van der Waals surface area contributed by atoms with Crippen LogP contribution in [0.3, 0.4) is 0 Å². The highest BCUT2D eigenvalue weighted by atomic mass is 19.1. The molecule has 0 spiro atoms. The number of rotatable bonds is 4. The van der Waals surface area contributed by atoms with Crippen molar-refractivity contribution in [3.8, 4) is 5.75 Å². The highest BCUT2D eigenvalue weighted by molar-refractivity contribution is 5.92. The first-order chi connectivity index (χ1) is 11.1. The van der Waals surface area contributed by atoms with Gasteiger partial charge in [0.1, 0.15) is 11.6 Å². The second-order valence-electron chi connectivity index (χ2n) is 5.31. The van der Waals surface area contributed by atoms with Crippen molar-refractivity contribution in [2.75, 3.05) is 11.9 Å². The maximum Gasteiger partial charge on any atom is 0.262 e. The van der Waals surface area contributed by atoms with Crippen LogP contribution >= 0.6 is 0 Å². The minimum absolute atomic E-state index is 0.131. The fourth-order valence-corrected chi connectivity index (χ4v) is 2.27. The van der Waals surface area contributed by atoms with Gasteiger partial charge in [-0.1, -0.05) is 36.4 Å². The van der Waals surface area contributed by atoms with E-state index in [0.29, 0.717) is 17.0 Å². The summed E-state index contributed by atoms with van der Waals surface area (Å²) >= 11 is 0. The number of aryl methyl sites for hydroxylation is 1. The van der Waals surface area contributed by atoms with E-state index in [2.05, 4.69) is 5.32 Å². The molecule has 0 atom stereocenters. The minimum Gasteiger partial charge on any atom is -0.484 e. The lowest BCUT2D eigenvalue weighted by Crippen LogP contribution is -2.20. The van der Waals surface area contributed by atoms with Crippen LogP contribution < -0.4 is 10.1 Å². The molecule has 3 nitrogen and oxygen atoms in total. The van der Waals surface area contributed by atoms with Gasteiger partial charge in [-0.25, -0.2) is 4.39 Å². The van der Waals surface area contributed by atoms with Gasteiger partial charge in [0.05, 0.1) is 0 Å². The van der Waals surface area contributed by atoms with Crippen molar-refractivity contribution >= 4 is 22.4 Å². The first kappa shape index (κ1) is 15.0. The molecule has 0 aliphatic heterocycles. The van der Waals surface area contributed by atoms with Crippen LogP contribution in [0.1, 0.15) is 5.56 Å². The Balaban J connectivity index is 1.62. The summed E-state index contributed by atoms with van der Waals surface area (Å²) in [5.41, 5.74) is 0.954. The van der Waals surface area contributed by atoms with Gasteiger partial charge in [-0.2, -0.15) is 0 Å². The standard InChI is InChI=1S/C19H16FNO2/c1-13-6-8-16(11-18(13)20)21-19(22)12-23-17-9-7-14-4-2-3-5-15(14)10-17/h2-11H,12H2,1H3,(H,21,22). The van der Waals surface area contributed by atoms with Crippen molar-refractivity contribution in [2.45, 2.75) is 6.92 Å². The fraction of sp³-hybridized carbons (Fsp3) is 0.105. The van der Waals surface area contributed by atoms with Crippen LogP contribution in [0.15, 0.2) is 60.7 Å². The van der Waals surface area contributed by atoms with Gasteiger partial charge in [0.15, 0.2) is 6.61 Å². The Morgan fingerprint density at radius 1 is 1.04 bits per heavy atom. The van der Waals surface area contributed by atoms with Crippen LogP contribution in [0.25, 0.3) is 10.8 Å². The Labute approximate surface area is 133 Å². The molecule has 0 fully saturated rings. The van der Waals surface area contributed by atoms with Crippen LogP contribution in [0.4, 0.5) is 10.1 Å². The maximum atomic E-state index is 13.4. The highest BCUT2D eigenvalue weighted by Gasteiger charge is 2.06. The molecule has 0 aliphatic carbocycles. The van der Waals surface area contributed by atoms with Crippen molar-refractivity contribution in [1.29, 1.82) is 0 Å². The number of carbonyl (C=O) groups is 1. The number of amides is 1. The molecular formula is C19H16FNO2. The molecular weight excluding hydrogens is 293 g/mol. The number of halogens is 1. The summed E-state index contributed by atoms with van der Waals surface area (Å²) in [6.07, 6.45) is 0. The van der Waals surface area contributed by atoms with E-state index < -0.39 is 0 Å². The Morgan fingerprint density at radius 3 is 2.61 bits per heavy atom. The fourth-order valence-electron chi connectivity index (χ4n) is 2.27. The van der Waals surface area contributed by atoms with Crippen molar-refractivity contribution in [1.82, 2.24) is 0 Å². The number of ether oxygens (including phenoxy) is 1. The summed E-state index contributed by atoms with van der Waals surface area (Å²) in [7, 11) is 0. The summed E-state index contributed by atoms with van der Waals surface area (Å²) in [5.74, 6) is -0.0615. The summed E-state index contributed by atoms with van der Waals surface area (Å²) in [4.78, 5) is 11.9. The molecule has 0 aromatic heterocycles. The summed E-state index contributed by atoms with van der Waals surface area (Å²) in [6, 6.07) is 18.1. The molecule has 1 N–H and O–H groups in total. The van der Waals surface area contributed by atoms with Gasteiger partial charge in [0, 0.05) is 5.69 Å². The van der Waals surface area contributed by atoms with Gasteiger partial charge in [-0.15, -0.1) is 0 Å². The molecule has 0 saturated carbocycles. The molecule has 3 aromatic carbocycles. The first-order valence-electron chi connectivity index (χ1n) is 7.29. The summed E-state index contributed by atoms with van der Waals surface area (Å²) in [5, 5.41) is 4.77. The zero-order chi connectivity index (χ0) is 16.2. The van der Waals surface area contributed by atoms with Crippen molar-refractivity contribution in [3.63, 3.8) is 0 Å². The molecule has 116 valence electrons. The molecule has 0 radical (unpaired) electrons.